The fraction of sp³-hybridized carbons (Fsp3) is 0.0800. The minimum Gasteiger partial charge on any atom is -0.544 e. The molecule has 11 heteroatoms. The summed E-state index contributed by atoms with van der Waals surface area (Å²) in [7, 11) is 0. The molecule has 5 aromatic rings. The lowest BCUT2D eigenvalue weighted by Gasteiger charge is -2.10. The highest BCUT2D eigenvalue weighted by atomic mass is 35.5. The number of carbonyl (C=O) groups excluding carboxylic acids is 3. The Morgan fingerprint density at radius 2 is 1.81 bits per heavy atom. The number of nitrogens with one attached hydrogen (secondary N) is 2. The number of carboxylic acids is 1. The molecule has 0 radical (unpaired) electrons. The van der Waals surface area contributed by atoms with Gasteiger partial charge >= 0.3 is 0 Å². The fourth-order valence-electron chi connectivity index (χ4n) is 3.84. The molecule has 0 aliphatic rings. The van der Waals surface area contributed by atoms with E-state index >= 15 is 0 Å². The summed E-state index contributed by atoms with van der Waals surface area (Å²) in [6, 6.07) is 17.0. The average Bonchev–Trinajstić information content (AvgIpc) is 3.58. The summed E-state index contributed by atoms with van der Waals surface area (Å²) in [5.74, 6) is -1.51. The highest BCUT2D eigenvalue weighted by Crippen LogP contribution is 2.31. The number of thiophene rings is 1. The second-order valence-corrected chi connectivity index (χ2v) is 9.32. The first-order valence-corrected chi connectivity index (χ1v) is 11.9. The summed E-state index contributed by atoms with van der Waals surface area (Å²) in [6.45, 7) is 1.64. The van der Waals surface area contributed by atoms with Gasteiger partial charge in [-0.1, -0.05) is 41.9 Å². The van der Waals surface area contributed by atoms with E-state index in [1.54, 1.807) is 41.8 Å². The van der Waals surface area contributed by atoms with Gasteiger partial charge in [0.25, 0.3) is 5.91 Å². The van der Waals surface area contributed by atoms with E-state index in [1.807, 2.05) is 24.3 Å². The van der Waals surface area contributed by atoms with Crippen LogP contribution in [0.2, 0.25) is 5.02 Å². The van der Waals surface area contributed by atoms with E-state index in [0.717, 1.165) is 22.2 Å². The third-order valence-corrected chi connectivity index (χ3v) is 6.98. The monoisotopic (exact) mass is 518 g/mol. The van der Waals surface area contributed by atoms with Gasteiger partial charge in [0.1, 0.15) is 16.5 Å². The lowest BCUT2D eigenvalue weighted by atomic mass is 10.0. The summed E-state index contributed by atoms with van der Waals surface area (Å²) >= 11 is 7.08. The number of hydrogen-bond donors (Lipinski definition) is 2. The van der Waals surface area contributed by atoms with Crippen LogP contribution >= 0.6 is 22.9 Å². The van der Waals surface area contributed by atoms with Crippen LogP contribution in [0, 0.1) is 6.92 Å². The molecule has 0 spiro atoms. The van der Waals surface area contributed by atoms with Crippen LogP contribution < -0.4 is 10.4 Å². The van der Waals surface area contributed by atoms with Crippen molar-refractivity contribution < 1.29 is 19.5 Å². The van der Waals surface area contributed by atoms with Crippen LogP contribution in [0.4, 0.5) is 0 Å². The summed E-state index contributed by atoms with van der Waals surface area (Å²) < 4.78 is 1.55. The van der Waals surface area contributed by atoms with Crippen LogP contribution in [0.15, 0.2) is 60.7 Å². The van der Waals surface area contributed by atoms with E-state index < -0.39 is 11.8 Å². The molecule has 1 amide bonds. The predicted octanol–water partition coefficient (Wildman–Crippen LogP) is 3.30. The zero-order chi connectivity index (χ0) is 25.4. The first-order chi connectivity index (χ1) is 17.3. The van der Waals surface area contributed by atoms with Gasteiger partial charge in [0, 0.05) is 16.5 Å². The topological polar surface area (TPSA) is 133 Å². The van der Waals surface area contributed by atoms with Gasteiger partial charge in [-0.25, -0.2) is 0 Å². The third kappa shape index (κ3) is 4.28. The molecule has 3 aromatic heterocycles. The van der Waals surface area contributed by atoms with E-state index in [4.69, 9.17) is 11.6 Å². The molecule has 2 N–H and O–H groups in total. The molecular formula is C25H17ClN5O4S-. The van der Waals surface area contributed by atoms with Crippen LogP contribution in [-0.4, -0.2) is 37.4 Å². The van der Waals surface area contributed by atoms with Crippen molar-refractivity contribution in [1.29, 1.82) is 0 Å². The minimum absolute atomic E-state index is 0.0205. The number of aromatic amines is 1. The van der Waals surface area contributed by atoms with Crippen LogP contribution in [0.5, 0.6) is 0 Å². The molecule has 36 heavy (non-hydrogen) atoms. The Morgan fingerprint density at radius 3 is 2.56 bits per heavy atom. The van der Waals surface area contributed by atoms with E-state index in [2.05, 4.69) is 20.5 Å². The minimum atomic E-state index is -1.42. The number of carbonyl (C=O) groups is 3. The Balaban J connectivity index is 1.49. The zero-order valence-electron chi connectivity index (χ0n) is 18.7. The standard InChI is InChI=1S/C25H18ClN5O4S/c1-13-29-30-21(12-27-23(33)19-10-14-6-2-5-9-18(14)28-19)31(13)24-16(11-20(36-24)25(34)35)22(32)15-7-3-4-8-17(15)26/h2-11,28H,12H2,1H3,(H,27,33)(H,34,35)/p-1. The van der Waals surface area contributed by atoms with Crippen molar-refractivity contribution >= 4 is 51.5 Å². The summed E-state index contributed by atoms with van der Waals surface area (Å²) in [5, 5.41) is 24.1. The van der Waals surface area contributed by atoms with Gasteiger partial charge in [-0.2, -0.15) is 0 Å². The maximum atomic E-state index is 13.4. The predicted molar refractivity (Wildman–Crippen MR) is 133 cm³/mol. The van der Waals surface area contributed by atoms with Gasteiger partial charge in [-0.05, 0) is 37.3 Å². The van der Waals surface area contributed by atoms with Crippen LogP contribution in [0.25, 0.3) is 15.9 Å². The van der Waals surface area contributed by atoms with E-state index in [0.29, 0.717) is 17.3 Å². The molecule has 0 unspecified atom stereocenters. The Kier molecular flexibility index (Phi) is 6.13. The first kappa shape index (κ1) is 23.5. The van der Waals surface area contributed by atoms with Gasteiger partial charge in [-0.3, -0.25) is 14.2 Å². The Morgan fingerprint density at radius 1 is 1.06 bits per heavy atom. The largest absolute Gasteiger partial charge is 0.544 e. The van der Waals surface area contributed by atoms with Crippen molar-refractivity contribution in [2.45, 2.75) is 13.5 Å². The quantitative estimate of drug-likeness (QED) is 0.318. The maximum Gasteiger partial charge on any atom is 0.268 e. The number of aryl methyl sites for hydroxylation is 1. The number of ketones is 1. The molecule has 3 heterocycles. The van der Waals surface area contributed by atoms with Gasteiger partial charge in [-0.15, -0.1) is 21.5 Å². The highest BCUT2D eigenvalue weighted by Gasteiger charge is 2.24. The molecule has 0 atom stereocenters. The second kappa shape index (κ2) is 9.40. The number of nitrogens with zero attached hydrogens (tertiary/aromatic N) is 3. The van der Waals surface area contributed by atoms with Gasteiger partial charge < -0.3 is 20.2 Å². The lowest BCUT2D eigenvalue weighted by Crippen LogP contribution is -2.25. The molecule has 0 fully saturated rings. The van der Waals surface area contributed by atoms with Crippen LogP contribution in [-0.2, 0) is 6.54 Å². The Bertz CT molecular complexity index is 1620. The number of aromatic nitrogens is 4. The van der Waals surface area contributed by atoms with E-state index in [9.17, 15) is 19.5 Å². The molecule has 9 nitrogen and oxygen atoms in total. The molecule has 0 saturated heterocycles. The van der Waals surface area contributed by atoms with Gasteiger partial charge in [0.15, 0.2) is 11.6 Å². The molecule has 2 aromatic carbocycles. The van der Waals surface area contributed by atoms with E-state index in [1.165, 1.54) is 6.07 Å². The molecule has 0 aliphatic carbocycles. The lowest BCUT2D eigenvalue weighted by molar-refractivity contribution is -0.254. The SMILES string of the molecule is Cc1nnc(CNC(=O)c2cc3ccccc3[nH]2)n1-c1sc(C(=O)[O-])cc1C(=O)c1ccccc1Cl. The molecular weight excluding hydrogens is 502 g/mol. The summed E-state index contributed by atoms with van der Waals surface area (Å²) in [6.07, 6.45) is 0. The summed E-state index contributed by atoms with van der Waals surface area (Å²) in [4.78, 5) is 40.7. The number of amides is 1. The maximum absolute atomic E-state index is 13.4. The molecule has 5 rings (SSSR count). The van der Waals surface area contributed by atoms with Crippen molar-refractivity contribution in [2.24, 2.45) is 0 Å². The normalized spacial score (nSPS) is 11.1. The summed E-state index contributed by atoms with van der Waals surface area (Å²) in [5.41, 5.74) is 1.54. The molecule has 180 valence electrons. The number of halogens is 1. The van der Waals surface area contributed by atoms with Crippen molar-refractivity contribution in [3.8, 4) is 5.00 Å². The van der Waals surface area contributed by atoms with Crippen LogP contribution in [0.3, 0.4) is 0 Å². The number of fused-ring (bicyclic) bond motifs is 1. The van der Waals surface area contributed by atoms with Crippen LogP contribution in [0.1, 0.15) is 47.7 Å². The number of para-hydroxylation sites is 1. The number of aromatic carboxylic acids is 1. The van der Waals surface area contributed by atoms with Crippen molar-refractivity contribution in [2.75, 3.05) is 0 Å². The highest BCUT2D eigenvalue weighted by molar-refractivity contribution is 7.16. The number of hydrogen-bond acceptors (Lipinski definition) is 7. The Labute approximate surface area is 213 Å². The van der Waals surface area contributed by atoms with Gasteiger partial charge in [0.2, 0.25) is 0 Å². The number of rotatable bonds is 7. The number of H-pyrrole nitrogens is 1. The average molecular weight is 519 g/mol. The number of carboxylic acid groups (broad SMARTS) is 1. The third-order valence-electron chi connectivity index (χ3n) is 5.55. The zero-order valence-corrected chi connectivity index (χ0v) is 20.3. The fourth-order valence-corrected chi connectivity index (χ4v) is 5.12. The second-order valence-electron chi connectivity index (χ2n) is 7.88. The Hall–Kier alpha value is -4.28. The number of benzene rings is 2. The van der Waals surface area contributed by atoms with Crippen molar-refractivity contribution in [3.63, 3.8) is 0 Å². The molecule has 0 aliphatic heterocycles. The first-order valence-electron chi connectivity index (χ1n) is 10.7. The molecule has 0 saturated carbocycles. The smallest absolute Gasteiger partial charge is 0.268 e. The van der Waals surface area contributed by atoms with E-state index in [-0.39, 0.29) is 38.5 Å². The van der Waals surface area contributed by atoms with Crippen molar-refractivity contribution in [3.05, 3.63) is 99.0 Å². The van der Waals surface area contributed by atoms with Crippen molar-refractivity contribution in [1.82, 2.24) is 25.1 Å². The van der Waals surface area contributed by atoms with Gasteiger partial charge in [0.05, 0.1) is 28.0 Å². The molecule has 0 bridgehead atoms.